The Morgan fingerprint density at radius 2 is 2.09 bits per heavy atom. The summed E-state index contributed by atoms with van der Waals surface area (Å²) in [7, 11) is 0. The molecule has 1 aliphatic rings. The summed E-state index contributed by atoms with van der Waals surface area (Å²) in [6.45, 7) is 6.38. The Kier molecular flexibility index (Phi) is 2.17. The first kappa shape index (κ1) is 8.51. The second-order valence-corrected chi connectivity index (χ2v) is 4.05. The van der Waals surface area contributed by atoms with Crippen LogP contribution in [0.25, 0.3) is 0 Å². The summed E-state index contributed by atoms with van der Waals surface area (Å²) in [6.07, 6.45) is 4.53. The van der Waals surface area contributed by atoms with Crippen molar-refractivity contribution in [2.24, 2.45) is 5.41 Å². The van der Waals surface area contributed by atoms with Crippen LogP contribution in [0.3, 0.4) is 0 Å². The predicted molar refractivity (Wildman–Crippen MR) is 46.4 cm³/mol. The highest BCUT2D eigenvalue weighted by molar-refractivity contribution is 5.76. The lowest BCUT2D eigenvalue weighted by Gasteiger charge is -2.31. The molecule has 0 radical (unpaired) electrons. The van der Waals surface area contributed by atoms with E-state index in [0.29, 0.717) is 0 Å². The van der Waals surface area contributed by atoms with Gasteiger partial charge in [0.25, 0.3) is 0 Å². The Balaban J connectivity index is 3.01. The number of hydrogen-bond donors (Lipinski definition) is 0. The molecule has 0 unspecified atom stereocenters. The Morgan fingerprint density at radius 1 is 1.45 bits per heavy atom. The van der Waals surface area contributed by atoms with Crippen LogP contribution < -0.4 is 0 Å². The van der Waals surface area contributed by atoms with Crippen LogP contribution in [0.15, 0.2) is 11.1 Å². The highest BCUT2D eigenvalue weighted by Gasteiger charge is 2.27. The SMILES string of the molecule is [13CH3][13C]1=[13C]([13CH]=O)[13C]([13CH3])([13CH3])[13CH2][13CH2][13CH2]1. The first-order chi connectivity index (χ1) is 5.08. The average Bonchev–Trinajstić information content (AvgIpc) is 1.86. The number of carbonyl (C=O) groups excluding carboxylic acids is 1. The summed E-state index contributed by atoms with van der Waals surface area (Å²) in [4.78, 5) is 10.7. The number of aldehydes is 1. The summed E-state index contributed by atoms with van der Waals surface area (Å²) >= 11 is 0. The minimum absolute atomic E-state index is 0.129. The molecule has 1 heteroatoms. The van der Waals surface area contributed by atoms with Gasteiger partial charge in [0.15, 0.2) is 0 Å². The van der Waals surface area contributed by atoms with E-state index < -0.39 is 0 Å². The van der Waals surface area contributed by atoms with Gasteiger partial charge >= 0.3 is 0 Å². The third-order valence-electron chi connectivity index (χ3n) is 2.66. The van der Waals surface area contributed by atoms with Gasteiger partial charge in [-0.05, 0) is 37.2 Å². The second-order valence-electron chi connectivity index (χ2n) is 4.05. The van der Waals surface area contributed by atoms with Crippen LogP contribution in [0.5, 0.6) is 0 Å². The number of allylic oxidation sites excluding steroid dienone is 2. The van der Waals surface area contributed by atoms with Crippen molar-refractivity contribution < 1.29 is 4.79 Å². The lowest BCUT2D eigenvalue weighted by atomic mass is 10.7. The monoisotopic (exact) mass is 162 g/mol. The van der Waals surface area contributed by atoms with Crippen molar-refractivity contribution in [3.8, 4) is 0 Å². The van der Waals surface area contributed by atoms with Crippen LogP contribution in [-0.4, -0.2) is 6.29 Å². The maximum Gasteiger partial charge on any atom is 0.146 e. The Hall–Kier alpha value is -0.590. The second kappa shape index (κ2) is 2.80. The van der Waals surface area contributed by atoms with Crippen LogP contribution in [0, 0.1) is 5.41 Å². The first-order valence-corrected chi connectivity index (χ1v) is 4.23. The van der Waals surface area contributed by atoms with Gasteiger partial charge in [-0.15, -0.1) is 0 Å². The minimum atomic E-state index is 0.129. The average molecular weight is 162 g/mol. The Morgan fingerprint density at radius 3 is 2.45 bits per heavy atom. The van der Waals surface area contributed by atoms with Crippen molar-refractivity contribution in [1.82, 2.24) is 0 Å². The van der Waals surface area contributed by atoms with E-state index in [2.05, 4.69) is 20.8 Å². The van der Waals surface area contributed by atoms with E-state index in [9.17, 15) is 4.79 Å². The normalized spacial score (nSPS) is 23.5. The molecule has 0 aromatic carbocycles. The summed E-state index contributed by atoms with van der Waals surface area (Å²) < 4.78 is 0. The van der Waals surface area contributed by atoms with Crippen LogP contribution in [0.4, 0.5) is 0 Å². The van der Waals surface area contributed by atoms with Gasteiger partial charge in [0.2, 0.25) is 0 Å². The highest BCUT2D eigenvalue weighted by Crippen LogP contribution is 2.38. The van der Waals surface area contributed by atoms with E-state index in [0.717, 1.165) is 24.7 Å². The number of hydrogen-bond acceptors (Lipinski definition) is 1. The summed E-state index contributed by atoms with van der Waals surface area (Å²) in [6, 6.07) is 0. The van der Waals surface area contributed by atoms with E-state index >= 15 is 0 Å². The molecule has 0 N–H and O–H groups in total. The van der Waals surface area contributed by atoms with Gasteiger partial charge in [0.05, 0.1) is 0 Å². The molecular formula is C10H16O. The molecule has 0 heterocycles. The molecule has 0 atom stereocenters. The van der Waals surface area contributed by atoms with Gasteiger partial charge in [0, 0.05) is 0 Å². The van der Waals surface area contributed by atoms with Crippen LogP contribution in [-0.2, 0) is 4.79 Å². The van der Waals surface area contributed by atoms with E-state index in [1.54, 1.807) is 0 Å². The smallest absolute Gasteiger partial charge is 0.146 e. The molecule has 0 spiro atoms. The molecule has 1 nitrogen and oxygen atoms in total. The van der Waals surface area contributed by atoms with E-state index in [1.165, 1.54) is 12.0 Å². The van der Waals surface area contributed by atoms with Gasteiger partial charge in [-0.25, -0.2) is 0 Å². The maximum atomic E-state index is 10.7. The molecule has 0 saturated heterocycles. The first-order valence-electron chi connectivity index (χ1n) is 4.23. The largest absolute Gasteiger partial charge is 0.298 e. The fraction of sp³-hybridized carbons (Fsp3) is 0.700. The van der Waals surface area contributed by atoms with Gasteiger partial charge < -0.3 is 0 Å². The molecule has 0 aromatic heterocycles. The van der Waals surface area contributed by atoms with Gasteiger partial charge in [-0.3, -0.25) is 4.79 Å². The number of carbonyl (C=O) groups is 1. The topological polar surface area (TPSA) is 17.1 Å². The Labute approximate surface area is 68.5 Å². The highest BCUT2D eigenvalue weighted by atomic mass is 16.2. The third kappa shape index (κ3) is 1.52. The predicted octanol–water partition coefficient (Wildman–Crippen LogP) is 2.71. The molecule has 11 heavy (non-hydrogen) atoms. The molecule has 0 fully saturated rings. The molecule has 0 aliphatic heterocycles. The van der Waals surface area contributed by atoms with E-state index in [4.69, 9.17) is 0 Å². The van der Waals surface area contributed by atoms with Crippen molar-refractivity contribution in [2.75, 3.05) is 0 Å². The van der Waals surface area contributed by atoms with Crippen LogP contribution >= 0.6 is 0 Å². The summed E-state index contributed by atoms with van der Waals surface area (Å²) in [5, 5.41) is 0. The van der Waals surface area contributed by atoms with Gasteiger partial charge in [0.1, 0.15) is 6.29 Å². The molecule has 1 aliphatic carbocycles. The molecule has 62 valence electrons. The van der Waals surface area contributed by atoms with E-state index in [-0.39, 0.29) is 5.41 Å². The maximum absolute atomic E-state index is 10.7. The van der Waals surface area contributed by atoms with Crippen molar-refractivity contribution in [1.29, 1.82) is 0 Å². The Bertz CT molecular complexity index is 199. The van der Waals surface area contributed by atoms with Crippen molar-refractivity contribution in [3.05, 3.63) is 11.1 Å². The molecule has 0 saturated carbocycles. The molecule has 0 bridgehead atoms. The lowest BCUT2D eigenvalue weighted by molar-refractivity contribution is -0.106. The van der Waals surface area contributed by atoms with Crippen molar-refractivity contribution in [3.63, 3.8) is 0 Å². The van der Waals surface area contributed by atoms with Gasteiger partial charge in [-0.2, -0.15) is 0 Å². The van der Waals surface area contributed by atoms with Gasteiger partial charge in [-0.1, -0.05) is 19.4 Å². The molecule has 0 aromatic rings. The standard InChI is InChI=1S/C10H16O/c1-8-5-4-6-10(2,3)9(8)7-11/h7H,4-6H2,1-3H3/i1+1,2+1,3+1,4+1,5+1,6+1,7+1,8+1,9+1,10+1. The van der Waals surface area contributed by atoms with Crippen LogP contribution in [0.2, 0.25) is 0 Å². The summed E-state index contributed by atoms with van der Waals surface area (Å²) in [5.74, 6) is 0. The molecular weight excluding hydrogens is 146 g/mol. The zero-order valence-electron chi connectivity index (χ0n) is 7.61. The van der Waals surface area contributed by atoms with Crippen LogP contribution in [0.1, 0.15) is 40.0 Å². The molecule has 1 rings (SSSR count). The lowest BCUT2D eigenvalue weighted by Crippen LogP contribution is -2.21. The quantitative estimate of drug-likeness (QED) is 0.428. The fourth-order valence-corrected chi connectivity index (χ4v) is 1.90. The zero-order chi connectivity index (χ0) is 8.48. The summed E-state index contributed by atoms with van der Waals surface area (Å²) in [5.41, 5.74) is 2.45. The minimum Gasteiger partial charge on any atom is -0.298 e. The van der Waals surface area contributed by atoms with Crippen molar-refractivity contribution >= 4 is 6.29 Å². The third-order valence-corrected chi connectivity index (χ3v) is 2.66. The molecule has 0 amide bonds. The van der Waals surface area contributed by atoms with E-state index in [1.807, 2.05) is 0 Å². The number of rotatable bonds is 1. The van der Waals surface area contributed by atoms with Crippen molar-refractivity contribution in [2.45, 2.75) is 40.0 Å². The zero-order valence-corrected chi connectivity index (χ0v) is 7.61. The fourth-order valence-electron chi connectivity index (χ4n) is 1.90.